The van der Waals surface area contributed by atoms with Gasteiger partial charge in [-0.3, -0.25) is 4.57 Å². The molecule has 2 aromatic heterocycles. The molecule has 3 aromatic rings. The smallest absolute Gasteiger partial charge is 0.160 e. The zero-order valence-corrected chi connectivity index (χ0v) is 15.6. The number of aromatic nitrogens is 4. The number of anilines is 1. The molecule has 0 bridgehead atoms. The SMILES string of the molecule is Clc1cccc2c1OC1(CC2)CCN(c2ccc(-n3ccnc3)nn2)CC1. The van der Waals surface area contributed by atoms with Gasteiger partial charge in [-0.15, -0.1) is 10.2 Å². The Morgan fingerprint density at radius 2 is 1.81 bits per heavy atom. The minimum Gasteiger partial charge on any atom is -0.485 e. The van der Waals surface area contributed by atoms with Gasteiger partial charge in [0, 0.05) is 38.3 Å². The number of benzene rings is 1. The number of hydrogen-bond donors (Lipinski definition) is 0. The Bertz CT molecular complexity index is 934. The number of ether oxygens (including phenoxy) is 1. The molecule has 0 radical (unpaired) electrons. The maximum absolute atomic E-state index is 6.44. The molecular formula is C20H20ClN5O. The zero-order valence-electron chi connectivity index (χ0n) is 14.9. The standard InChI is InChI=1S/C20H20ClN5O/c21-16-3-1-2-15-6-7-20(27-19(15)16)8-11-25(12-9-20)17-4-5-18(24-23-17)26-13-10-22-14-26/h1-5,10,13-14H,6-9,11-12H2. The molecule has 0 aliphatic carbocycles. The third-order valence-corrected chi connectivity index (χ3v) is 5.92. The van der Waals surface area contributed by atoms with Crippen molar-refractivity contribution >= 4 is 17.4 Å². The van der Waals surface area contributed by atoms with E-state index in [-0.39, 0.29) is 5.60 Å². The molecule has 1 aromatic carbocycles. The molecule has 2 aliphatic rings. The highest BCUT2D eigenvalue weighted by molar-refractivity contribution is 6.32. The van der Waals surface area contributed by atoms with Gasteiger partial charge in [-0.25, -0.2) is 4.98 Å². The average Bonchev–Trinajstić information content (AvgIpc) is 3.25. The fourth-order valence-electron chi connectivity index (χ4n) is 4.01. The van der Waals surface area contributed by atoms with Crippen molar-refractivity contribution in [3.8, 4) is 11.6 Å². The minimum absolute atomic E-state index is 0.112. The number of para-hydroxylation sites is 1. The highest BCUT2D eigenvalue weighted by atomic mass is 35.5. The van der Waals surface area contributed by atoms with Crippen LogP contribution in [0, 0.1) is 0 Å². The Kier molecular flexibility index (Phi) is 4.01. The molecule has 27 heavy (non-hydrogen) atoms. The summed E-state index contributed by atoms with van der Waals surface area (Å²) in [6.07, 6.45) is 9.30. The van der Waals surface area contributed by atoms with Crippen molar-refractivity contribution in [2.24, 2.45) is 0 Å². The van der Waals surface area contributed by atoms with E-state index >= 15 is 0 Å². The molecule has 0 N–H and O–H groups in total. The molecule has 4 heterocycles. The Labute approximate surface area is 162 Å². The topological polar surface area (TPSA) is 56.1 Å². The zero-order chi connectivity index (χ0) is 18.3. The second-order valence-corrected chi connectivity index (χ2v) is 7.63. The van der Waals surface area contributed by atoms with Crippen molar-refractivity contribution < 1.29 is 4.74 Å². The van der Waals surface area contributed by atoms with Gasteiger partial charge in [0.05, 0.1) is 5.02 Å². The van der Waals surface area contributed by atoms with E-state index in [1.165, 1.54) is 5.56 Å². The lowest BCUT2D eigenvalue weighted by Crippen LogP contribution is -2.50. The molecule has 6 nitrogen and oxygen atoms in total. The summed E-state index contributed by atoms with van der Waals surface area (Å²) in [5.74, 6) is 2.55. The van der Waals surface area contributed by atoms with Gasteiger partial charge in [-0.05, 0) is 36.6 Å². The van der Waals surface area contributed by atoms with Crippen molar-refractivity contribution in [1.29, 1.82) is 0 Å². The Morgan fingerprint density at radius 3 is 2.56 bits per heavy atom. The fraction of sp³-hybridized carbons (Fsp3) is 0.350. The lowest BCUT2D eigenvalue weighted by Gasteiger charge is -2.45. The van der Waals surface area contributed by atoms with E-state index in [1.807, 2.05) is 35.0 Å². The molecule has 138 valence electrons. The van der Waals surface area contributed by atoms with E-state index in [1.54, 1.807) is 12.5 Å². The molecule has 5 rings (SSSR count). The second-order valence-electron chi connectivity index (χ2n) is 7.22. The Balaban J connectivity index is 1.29. The molecule has 0 atom stereocenters. The van der Waals surface area contributed by atoms with E-state index < -0.39 is 0 Å². The van der Waals surface area contributed by atoms with Crippen LogP contribution in [0.3, 0.4) is 0 Å². The summed E-state index contributed by atoms with van der Waals surface area (Å²) in [7, 11) is 0. The number of piperidine rings is 1. The molecule has 1 fully saturated rings. The van der Waals surface area contributed by atoms with E-state index in [4.69, 9.17) is 16.3 Å². The summed E-state index contributed by atoms with van der Waals surface area (Å²) in [6.45, 7) is 1.80. The maximum Gasteiger partial charge on any atom is 0.160 e. The van der Waals surface area contributed by atoms with Crippen LogP contribution >= 0.6 is 11.6 Å². The average molecular weight is 382 g/mol. The van der Waals surface area contributed by atoms with Crippen molar-refractivity contribution in [2.75, 3.05) is 18.0 Å². The van der Waals surface area contributed by atoms with Crippen LogP contribution in [-0.2, 0) is 6.42 Å². The second kappa shape index (κ2) is 6.53. The van der Waals surface area contributed by atoms with E-state index in [0.717, 1.165) is 61.2 Å². The highest BCUT2D eigenvalue weighted by Gasteiger charge is 2.40. The largest absolute Gasteiger partial charge is 0.485 e. The van der Waals surface area contributed by atoms with Gasteiger partial charge >= 0.3 is 0 Å². The summed E-state index contributed by atoms with van der Waals surface area (Å²) < 4.78 is 8.28. The summed E-state index contributed by atoms with van der Waals surface area (Å²) in [6, 6.07) is 10.0. The normalized spacial score (nSPS) is 18.2. The Hall–Kier alpha value is -2.60. The first-order valence-electron chi connectivity index (χ1n) is 9.26. The summed E-state index contributed by atoms with van der Waals surface area (Å²) in [5, 5.41) is 9.45. The molecule has 7 heteroatoms. The predicted molar refractivity (Wildman–Crippen MR) is 104 cm³/mol. The van der Waals surface area contributed by atoms with Gasteiger partial charge < -0.3 is 9.64 Å². The van der Waals surface area contributed by atoms with Crippen molar-refractivity contribution in [2.45, 2.75) is 31.3 Å². The van der Waals surface area contributed by atoms with Gasteiger partial charge in [-0.1, -0.05) is 23.7 Å². The van der Waals surface area contributed by atoms with Gasteiger partial charge in [0.15, 0.2) is 11.6 Å². The van der Waals surface area contributed by atoms with Crippen LogP contribution in [0.25, 0.3) is 5.82 Å². The number of hydrogen-bond acceptors (Lipinski definition) is 5. The van der Waals surface area contributed by atoms with Crippen molar-refractivity contribution in [1.82, 2.24) is 19.7 Å². The predicted octanol–water partition coefficient (Wildman–Crippen LogP) is 3.68. The molecule has 1 saturated heterocycles. The molecule has 1 spiro atoms. The molecular weight excluding hydrogens is 362 g/mol. The number of rotatable bonds is 2. The van der Waals surface area contributed by atoms with E-state index in [2.05, 4.69) is 26.1 Å². The summed E-state index contributed by atoms with van der Waals surface area (Å²) in [5.41, 5.74) is 1.11. The van der Waals surface area contributed by atoms with Crippen LogP contribution in [0.5, 0.6) is 5.75 Å². The lowest BCUT2D eigenvalue weighted by molar-refractivity contribution is 0.0225. The first kappa shape index (κ1) is 16.6. The first-order valence-corrected chi connectivity index (χ1v) is 9.64. The lowest BCUT2D eigenvalue weighted by atomic mass is 9.83. The fourth-order valence-corrected chi connectivity index (χ4v) is 4.24. The van der Waals surface area contributed by atoms with Gasteiger partial charge in [-0.2, -0.15) is 0 Å². The maximum atomic E-state index is 6.44. The van der Waals surface area contributed by atoms with E-state index in [9.17, 15) is 0 Å². The molecule has 0 unspecified atom stereocenters. The molecule has 2 aliphatic heterocycles. The Morgan fingerprint density at radius 1 is 1.00 bits per heavy atom. The summed E-state index contributed by atoms with van der Waals surface area (Å²) >= 11 is 6.37. The third kappa shape index (κ3) is 3.04. The monoisotopic (exact) mass is 381 g/mol. The molecule has 0 saturated carbocycles. The molecule has 0 amide bonds. The third-order valence-electron chi connectivity index (χ3n) is 5.62. The number of imidazole rings is 1. The number of fused-ring (bicyclic) bond motifs is 1. The van der Waals surface area contributed by atoms with Gasteiger partial charge in [0.25, 0.3) is 0 Å². The van der Waals surface area contributed by atoms with Crippen LogP contribution in [0.4, 0.5) is 5.82 Å². The van der Waals surface area contributed by atoms with Crippen molar-refractivity contribution in [3.05, 3.63) is 59.6 Å². The van der Waals surface area contributed by atoms with E-state index in [0.29, 0.717) is 0 Å². The van der Waals surface area contributed by atoms with Gasteiger partial charge in [0.1, 0.15) is 17.7 Å². The quantitative estimate of drug-likeness (QED) is 0.677. The van der Waals surface area contributed by atoms with Crippen LogP contribution in [0.1, 0.15) is 24.8 Å². The van der Waals surface area contributed by atoms with Crippen molar-refractivity contribution in [3.63, 3.8) is 0 Å². The number of nitrogens with zero attached hydrogens (tertiary/aromatic N) is 5. The van der Waals surface area contributed by atoms with Crippen LogP contribution in [0.15, 0.2) is 49.1 Å². The minimum atomic E-state index is -0.112. The van der Waals surface area contributed by atoms with Gasteiger partial charge in [0.2, 0.25) is 0 Å². The first-order chi connectivity index (χ1) is 13.2. The van der Waals surface area contributed by atoms with Crippen LogP contribution < -0.4 is 9.64 Å². The van der Waals surface area contributed by atoms with Crippen LogP contribution in [0.2, 0.25) is 5.02 Å². The number of halogens is 1. The number of aryl methyl sites for hydroxylation is 1. The van der Waals surface area contributed by atoms with Crippen LogP contribution in [-0.4, -0.2) is 38.4 Å². The summed E-state index contributed by atoms with van der Waals surface area (Å²) in [4.78, 5) is 6.32. The highest BCUT2D eigenvalue weighted by Crippen LogP contribution is 2.43.